The van der Waals surface area contributed by atoms with Crippen molar-refractivity contribution in [3.8, 4) is 0 Å². The number of nitrogens with zero attached hydrogens (tertiary/aromatic N) is 4. The van der Waals surface area contributed by atoms with E-state index in [9.17, 15) is 9.90 Å². The second-order valence-corrected chi connectivity index (χ2v) is 6.34. The quantitative estimate of drug-likeness (QED) is 0.741. The number of aryl methyl sites for hydroxylation is 1. The first kappa shape index (κ1) is 17.8. The lowest BCUT2D eigenvalue weighted by Crippen LogP contribution is -2.31. The van der Waals surface area contributed by atoms with E-state index in [-0.39, 0.29) is 18.1 Å². The lowest BCUT2D eigenvalue weighted by molar-refractivity contribution is 0.0675. The van der Waals surface area contributed by atoms with Crippen LogP contribution in [0.25, 0.3) is 0 Å². The van der Waals surface area contributed by atoms with Gasteiger partial charge in [-0.2, -0.15) is 0 Å². The van der Waals surface area contributed by atoms with Crippen LogP contribution in [0.4, 0.5) is 0 Å². The molecular weight excluding hydrogens is 328 g/mol. The van der Waals surface area contributed by atoms with Gasteiger partial charge in [-0.25, -0.2) is 4.68 Å². The van der Waals surface area contributed by atoms with Gasteiger partial charge in [0.25, 0.3) is 5.91 Å². The zero-order valence-corrected chi connectivity index (χ0v) is 14.9. The normalized spacial score (nSPS) is 12.0. The van der Waals surface area contributed by atoms with Crippen molar-refractivity contribution >= 4 is 5.91 Å². The van der Waals surface area contributed by atoms with Gasteiger partial charge in [-0.1, -0.05) is 59.8 Å². The molecule has 1 atom stereocenters. The fourth-order valence-electron chi connectivity index (χ4n) is 2.75. The Balaban J connectivity index is 1.65. The summed E-state index contributed by atoms with van der Waals surface area (Å²) >= 11 is 0. The average molecular weight is 350 g/mol. The van der Waals surface area contributed by atoms with E-state index in [2.05, 4.69) is 10.3 Å². The minimum absolute atomic E-state index is 0.188. The van der Waals surface area contributed by atoms with E-state index in [1.807, 2.05) is 61.5 Å². The van der Waals surface area contributed by atoms with Gasteiger partial charge >= 0.3 is 0 Å². The molecule has 1 aromatic heterocycles. The average Bonchev–Trinajstić information content (AvgIpc) is 3.12. The molecule has 1 N–H and O–H groups in total. The molecule has 1 heterocycles. The summed E-state index contributed by atoms with van der Waals surface area (Å²) < 4.78 is 1.65. The Morgan fingerprint density at radius 2 is 1.85 bits per heavy atom. The summed E-state index contributed by atoms with van der Waals surface area (Å²) in [6.45, 7) is 2.79. The molecule has 6 heteroatoms. The second-order valence-electron chi connectivity index (χ2n) is 6.34. The van der Waals surface area contributed by atoms with Gasteiger partial charge in [0.15, 0.2) is 5.69 Å². The molecule has 0 aliphatic heterocycles. The fraction of sp³-hybridized carbons (Fsp3) is 0.250. The number of amides is 1. The van der Waals surface area contributed by atoms with Crippen LogP contribution in [-0.2, 0) is 6.54 Å². The maximum atomic E-state index is 12.5. The minimum Gasteiger partial charge on any atom is -0.387 e. The number of rotatable bonds is 6. The Labute approximate surface area is 152 Å². The van der Waals surface area contributed by atoms with Gasteiger partial charge in [0.2, 0.25) is 0 Å². The van der Waals surface area contributed by atoms with Crippen LogP contribution in [0.5, 0.6) is 0 Å². The summed E-state index contributed by atoms with van der Waals surface area (Å²) in [4.78, 5) is 14.0. The molecule has 134 valence electrons. The molecule has 3 rings (SSSR count). The SMILES string of the molecule is Cc1ccccc1Cn1cc(C(=O)N(C)C[C@@H](O)c2ccccc2)nn1. The van der Waals surface area contributed by atoms with E-state index in [0.717, 1.165) is 11.1 Å². The van der Waals surface area contributed by atoms with Crippen molar-refractivity contribution in [3.05, 3.63) is 83.2 Å². The van der Waals surface area contributed by atoms with Gasteiger partial charge in [0, 0.05) is 7.05 Å². The number of carbonyl (C=O) groups excluding carboxylic acids is 1. The summed E-state index contributed by atoms with van der Waals surface area (Å²) in [6, 6.07) is 17.3. The van der Waals surface area contributed by atoms with Gasteiger partial charge in [0.1, 0.15) is 0 Å². The molecule has 0 aliphatic rings. The van der Waals surface area contributed by atoms with Crippen molar-refractivity contribution in [2.24, 2.45) is 0 Å². The molecule has 0 saturated carbocycles. The van der Waals surface area contributed by atoms with E-state index >= 15 is 0 Å². The number of aliphatic hydroxyl groups excluding tert-OH is 1. The number of carbonyl (C=O) groups is 1. The van der Waals surface area contributed by atoms with Crippen LogP contribution < -0.4 is 0 Å². The third-order valence-electron chi connectivity index (χ3n) is 4.33. The maximum Gasteiger partial charge on any atom is 0.275 e. The van der Waals surface area contributed by atoms with Crippen molar-refractivity contribution in [1.29, 1.82) is 0 Å². The van der Waals surface area contributed by atoms with E-state index in [1.165, 1.54) is 10.5 Å². The van der Waals surface area contributed by atoms with E-state index in [0.29, 0.717) is 6.54 Å². The molecule has 26 heavy (non-hydrogen) atoms. The van der Waals surface area contributed by atoms with Crippen molar-refractivity contribution in [2.75, 3.05) is 13.6 Å². The number of likely N-dealkylation sites (N-methyl/N-ethyl adjacent to an activating group) is 1. The molecule has 0 unspecified atom stereocenters. The first-order chi connectivity index (χ1) is 12.5. The largest absolute Gasteiger partial charge is 0.387 e. The van der Waals surface area contributed by atoms with Crippen LogP contribution >= 0.6 is 0 Å². The Bertz CT molecular complexity index is 876. The lowest BCUT2D eigenvalue weighted by Gasteiger charge is -2.20. The minimum atomic E-state index is -0.743. The van der Waals surface area contributed by atoms with Gasteiger partial charge in [0.05, 0.1) is 25.4 Å². The third-order valence-corrected chi connectivity index (χ3v) is 4.33. The zero-order valence-electron chi connectivity index (χ0n) is 14.9. The molecule has 0 aliphatic carbocycles. The highest BCUT2D eigenvalue weighted by molar-refractivity contribution is 5.91. The fourth-order valence-corrected chi connectivity index (χ4v) is 2.75. The highest BCUT2D eigenvalue weighted by atomic mass is 16.3. The molecule has 0 radical (unpaired) electrons. The van der Waals surface area contributed by atoms with Crippen LogP contribution in [-0.4, -0.2) is 44.5 Å². The van der Waals surface area contributed by atoms with E-state index in [1.54, 1.807) is 17.9 Å². The zero-order chi connectivity index (χ0) is 18.5. The van der Waals surface area contributed by atoms with Crippen molar-refractivity contribution in [3.63, 3.8) is 0 Å². The van der Waals surface area contributed by atoms with Crippen LogP contribution in [0.3, 0.4) is 0 Å². The van der Waals surface area contributed by atoms with Crippen molar-refractivity contribution in [2.45, 2.75) is 19.6 Å². The smallest absolute Gasteiger partial charge is 0.275 e. The number of hydrogen-bond acceptors (Lipinski definition) is 4. The van der Waals surface area contributed by atoms with Gasteiger partial charge in [-0.3, -0.25) is 4.79 Å². The molecule has 6 nitrogen and oxygen atoms in total. The summed E-state index contributed by atoms with van der Waals surface area (Å²) in [6.07, 6.45) is 0.896. The lowest BCUT2D eigenvalue weighted by atomic mass is 10.1. The van der Waals surface area contributed by atoms with Crippen LogP contribution in [0, 0.1) is 6.92 Å². The third kappa shape index (κ3) is 4.15. The first-order valence-corrected chi connectivity index (χ1v) is 8.47. The monoisotopic (exact) mass is 350 g/mol. The molecule has 2 aromatic carbocycles. The van der Waals surface area contributed by atoms with Gasteiger partial charge in [-0.05, 0) is 23.6 Å². The van der Waals surface area contributed by atoms with E-state index < -0.39 is 6.10 Å². The van der Waals surface area contributed by atoms with Crippen LogP contribution in [0.2, 0.25) is 0 Å². The van der Waals surface area contributed by atoms with Gasteiger partial charge in [-0.15, -0.1) is 5.10 Å². The molecular formula is C20H22N4O2. The summed E-state index contributed by atoms with van der Waals surface area (Å²) in [7, 11) is 1.65. The molecule has 0 saturated heterocycles. The maximum absolute atomic E-state index is 12.5. The molecule has 3 aromatic rings. The number of benzene rings is 2. The second kappa shape index (κ2) is 7.93. The van der Waals surface area contributed by atoms with Crippen molar-refractivity contribution in [1.82, 2.24) is 19.9 Å². The molecule has 0 bridgehead atoms. The predicted octanol–water partition coefficient (Wildman–Crippen LogP) is 2.44. The summed E-state index contributed by atoms with van der Waals surface area (Å²) in [5, 5.41) is 18.3. The van der Waals surface area contributed by atoms with Gasteiger partial charge < -0.3 is 10.0 Å². The Morgan fingerprint density at radius 3 is 2.58 bits per heavy atom. The summed E-state index contributed by atoms with van der Waals surface area (Å²) in [5.74, 6) is -0.268. The molecule has 0 spiro atoms. The highest BCUT2D eigenvalue weighted by Gasteiger charge is 2.19. The standard InChI is InChI=1S/C20H22N4O2/c1-15-8-6-7-11-17(15)12-24-13-18(21-22-24)20(26)23(2)14-19(25)16-9-4-3-5-10-16/h3-11,13,19,25H,12,14H2,1-2H3/t19-/m1/s1. The number of aromatic nitrogens is 3. The molecule has 1 amide bonds. The molecule has 0 fully saturated rings. The Hall–Kier alpha value is -2.99. The van der Waals surface area contributed by atoms with Crippen LogP contribution in [0.15, 0.2) is 60.8 Å². The summed E-state index contributed by atoms with van der Waals surface area (Å²) in [5.41, 5.74) is 3.33. The Kier molecular flexibility index (Phi) is 5.43. The highest BCUT2D eigenvalue weighted by Crippen LogP contribution is 2.14. The number of aliphatic hydroxyl groups is 1. The van der Waals surface area contributed by atoms with Crippen LogP contribution in [0.1, 0.15) is 33.3 Å². The number of hydrogen-bond donors (Lipinski definition) is 1. The Morgan fingerprint density at radius 1 is 1.15 bits per heavy atom. The first-order valence-electron chi connectivity index (χ1n) is 8.47. The van der Waals surface area contributed by atoms with E-state index in [4.69, 9.17) is 0 Å². The topological polar surface area (TPSA) is 71.2 Å². The van der Waals surface area contributed by atoms with Crippen molar-refractivity contribution < 1.29 is 9.90 Å². The predicted molar refractivity (Wildman–Crippen MR) is 98.7 cm³/mol.